The Morgan fingerprint density at radius 3 is 2.56 bits per heavy atom. The van der Waals surface area contributed by atoms with Gasteiger partial charge >= 0.3 is 0 Å². The standard InChI is InChI=1S/C14H23FN2S/c1-4-17(5-2)8-9-18-14-7-6-12(11-16-3)10-13(14)15/h6-7,10,16H,4-5,8-9,11H2,1-3H3. The number of hydrogen-bond donors (Lipinski definition) is 1. The van der Waals surface area contributed by atoms with Crippen LogP contribution in [0.25, 0.3) is 0 Å². The zero-order valence-corrected chi connectivity index (χ0v) is 12.3. The van der Waals surface area contributed by atoms with E-state index in [1.54, 1.807) is 17.8 Å². The van der Waals surface area contributed by atoms with Crippen LogP contribution in [0.5, 0.6) is 0 Å². The number of benzene rings is 1. The van der Waals surface area contributed by atoms with E-state index < -0.39 is 0 Å². The molecular weight excluding hydrogens is 247 g/mol. The minimum atomic E-state index is -0.104. The van der Waals surface area contributed by atoms with Gasteiger partial charge in [0.25, 0.3) is 0 Å². The smallest absolute Gasteiger partial charge is 0.137 e. The number of nitrogens with one attached hydrogen (secondary N) is 1. The van der Waals surface area contributed by atoms with Crippen LogP contribution in [-0.4, -0.2) is 37.3 Å². The number of thioether (sulfide) groups is 1. The van der Waals surface area contributed by atoms with Gasteiger partial charge in [0.15, 0.2) is 0 Å². The van der Waals surface area contributed by atoms with Gasteiger partial charge in [-0.2, -0.15) is 0 Å². The molecule has 1 rings (SSSR count). The van der Waals surface area contributed by atoms with E-state index in [0.717, 1.165) is 35.8 Å². The van der Waals surface area contributed by atoms with Crippen LogP contribution in [0, 0.1) is 5.82 Å². The van der Waals surface area contributed by atoms with Gasteiger partial charge in [-0.15, -0.1) is 11.8 Å². The second-order valence-electron chi connectivity index (χ2n) is 4.17. The van der Waals surface area contributed by atoms with E-state index in [4.69, 9.17) is 0 Å². The molecule has 18 heavy (non-hydrogen) atoms. The van der Waals surface area contributed by atoms with Crippen molar-refractivity contribution in [3.8, 4) is 0 Å². The fourth-order valence-electron chi connectivity index (χ4n) is 1.80. The SMILES string of the molecule is CCN(CC)CCSc1ccc(CNC)cc1F. The molecule has 0 spiro atoms. The zero-order chi connectivity index (χ0) is 13.4. The molecule has 1 aromatic carbocycles. The second-order valence-corrected chi connectivity index (χ2v) is 5.31. The highest BCUT2D eigenvalue weighted by Crippen LogP contribution is 2.22. The van der Waals surface area contributed by atoms with Crippen molar-refractivity contribution in [2.45, 2.75) is 25.3 Å². The summed E-state index contributed by atoms with van der Waals surface area (Å²) >= 11 is 1.60. The monoisotopic (exact) mass is 270 g/mol. The third-order valence-electron chi connectivity index (χ3n) is 2.94. The molecule has 4 heteroatoms. The summed E-state index contributed by atoms with van der Waals surface area (Å²) in [7, 11) is 1.87. The normalized spacial score (nSPS) is 11.2. The Bertz CT molecular complexity index is 354. The maximum Gasteiger partial charge on any atom is 0.137 e. The average Bonchev–Trinajstić information content (AvgIpc) is 2.37. The van der Waals surface area contributed by atoms with E-state index in [1.165, 1.54) is 0 Å². The molecule has 0 radical (unpaired) electrons. The molecular formula is C14H23FN2S. The molecule has 102 valence electrons. The summed E-state index contributed by atoms with van der Waals surface area (Å²) in [5.41, 5.74) is 0.989. The van der Waals surface area contributed by atoms with Gasteiger partial charge in [-0.1, -0.05) is 19.9 Å². The largest absolute Gasteiger partial charge is 0.316 e. The maximum atomic E-state index is 13.8. The Balaban J connectivity index is 2.47. The van der Waals surface area contributed by atoms with Gasteiger partial charge in [-0.05, 0) is 37.8 Å². The van der Waals surface area contributed by atoms with E-state index in [0.29, 0.717) is 6.54 Å². The summed E-state index contributed by atoms with van der Waals surface area (Å²) in [5, 5.41) is 3.02. The van der Waals surface area contributed by atoms with Crippen LogP contribution in [-0.2, 0) is 6.54 Å². The van der Waals surface area contributed by atoms with Crippen molar-refractivity contribution in [1.29, 1.82) is 0 Å². The highest BCUT2D eigenvalue weighted by atomic mass is 32.2. The van der Waals surface area contributed by atoms with E-state index >= 15 is 0 Å². The van der Waals surface area contributed by atoms with E-state index in [9.17, 15) is 4.39 Å². The maximum absolute atomic E-state index is 13.8. The van der Waals surface area contributed by atoms with Crippen LogP contribution in [0.15, 0.2) is 23.1 Å². The van der Waals surface area contributed by atoms with Gasteiger partial charge in [0.05, 0.1) is 0 Å². The number of hydrogen-bond acceptors (Lipinski definition) is 3. The van der Waals surface area contributed by atoms with E-state index in [1.807, 2.05) is 19.2 Å². The van der Waals surface area contributed by atoms with Crippen LogP contribution in [0.4, 0.5) is 4.39 Å². The molecule has 0 amide bonds. The molecule has 1 N–H and O–H groups in total. The summed E-state index contributed by atoms with van der Waals surface area (Å²) in [6.45, 7) is 8.14. The molecule has 0 heterocycles. The first-order chi connectivity index (χ1) is 8.71. The van der Waals surface area contributed by atoms with Crippen LogP contribution in [0.3, 0.4) is 0 Å². The number of rotatable bonds is 8. The highest BCUT2D eigenvalue weighted by molar-refractivity contribution is 7.99. The average molecular weight is 270 g/mol. The van der Waals surface area contributed by atoms with Crippen molar-refractivity contribution in [3.05, 3.63) is 29.6 Å². The Kier molecular flexibility index (Phi) is 7.32. The molecule has 0 aromatic heterocycles. The van der Waals surface area contributed by atoms with Crippen molar-refractivity contribution >= 4 is 11.8 Å². The topological polar surface area (TPSA) is 15.3 Å². The number of nitrogens with zero attached hydrogens (tertiary/aromatic N) is 1. The molecule has 1 aromatic rings. The lowest BCUT2D eigenvalue weighted by atomic mass is 10.2. The minimum absolute atomic E-state index is 0.104. The molecule has 0 atom stereocenters. The highest BCUT2D eigenvalue weighted by Gasteiger charge is 2.05. The lowest BCUT2D eigenvalue weighted by Gasteiger charge is -2.17. The fraction of sp³-hybridized carbons (Fsp3) is 0.571. The number of halogens is 1. The third-order valence-corrected chi connectivity index (χ3v) is 3.97. The van der Waals surface area contributed by atoms with Crippen molar-refractivity contribution in [2.75, 3.05) is 32.4 Å². The van der Waals surface area contributed by atoms with Crippen LogP contribution < -0.4 is 5.32 Å². The predicted molar refractivity (Wildman–Crippen MR) is 77.7 cm³/mol. The quantitative estimate of drug-likeness (QED) is 0.731. The van der Waals surface area contributed by atoms with Gasteiger partial charge in [-0.3, -0.25) is 0 Å². The lowest BCUT2D eigenvalue weighted by Crippen LogP contribution is -2.25. The predicted octanol–water partition coefficient (Wildman–Crippen LogP) is 2.98. The van der Waals surface area contributed by atoms with E-state index in [-0.39, 0.29) is 5.82 Å². The second kappa shape index (κ2) is 8.51. The molecule has 0 unspecified atom stereocenters. The van der Waals surface area contributed by atoms with Crippen LogP contribution in [0.1, 0.15) is 19.4 Å². The van der Waals surface area contributed by atoms with Gasteiger partial charge in [0, 0.05) is 23.7 Å². The first-order valence-electron chi connectivity index (χ1n) is 6.49. The molecule has 0 saturated carbocycles. The molecule has 0 aliphatic rings. The van der Waals surface area contributed by atoms with Gasteiger partial charge < -0.3 is 10.2 Å². The van der Waals surface area contributed by atoms with Crippen LogP contribution in [0.2, 0.25) is 0 Å². The summed E-state index contributed by atoms with van der Waals surface area (Å²) in [6.07, 6.45) is 0. The summed E-state index contributed by atoms with van der Waals surface area (Å²) < 4.78 is 13.8. The van der Waals surface area contributed by atoms with Gasteiger partial charge in [0.2, 0.25) is 0 Å². The molecule has 0 aliphatic heterocycles. The molecule has 0 fully saturated rings. The minimum Gasteiger partial charge on any atom is -0.316 e. The summed E-state index contributed by atoms with van der Waals surface area (Å²) in [4.78, 5) is 3.10. The Labute approximate surface area is 114 Å². The Hall–Kier alpha value is -0.580. The fourth-order valence-corrected chi connectivity index (χ4v) is 2.73. The van der Waals surface area contributed by atoms with Gasteiger partial charge in [0.1, 0.15) is 5.82 Å². The molecule has 0 aliphatic carbocycles. The molecule has 0 bridgehead atoms. The molecule has 0 saturated heterocycles. The van der Waals surface area contributed by atoms with E-state index in [2.05, 4.69) is 24.1 Å². The third kappa shape index (κ3) is 4.96. The first-order valence-corrected chi connectivity index (χ1v) is 7.48. The van der Waals surface area contributed by atoms with Crippen molar-refractivity contribution in [2.24, 2.45) is 0 Å². The Morgan fingerprint density at radius 1 is 1.28 bits per heavy atom. The van der Waals surface area contributed by atoms with Gasteiger partial charge in [-0.25, -0.2) is 4.39 Å². The summed E-state index contributed by atoms with van der Waals surface area (Å²) in [6, 6.07) is 5.49. The van der Waals surface area contributed by atoms with Crippen molar-refractivity contribution in [3.63, 3.8) is 0 Å². The lowest BCUT2D eigenvalue weighted by molar-refractivity contribution is 0.324. The van der Waals surface area contributed by atoms with Crippen LogP contribution >= 0.6 is 11.8 Å². The molecule has 2 nitrogen and oxygen atoms in total. The Morgan fingerprint density at radius 2 is 2.00 bits per heavy atom. The van der Waals surface area contributed by atoms with Crippen molar-refractivity contribution < 1.29 is 4.39 Å². The summed E-state index contributed by atoms with van der Waals surface area (Å²) in [5.74, 6) is 0.830. The van der Waals surface area contributed by atoms with Crippen molar-refractivity contribution in [1.82, 2.24) is 10.2 Å². The zero-order valence-electron chi connectivity index (χ0n) is 11.5. The first kappa shape index (κ1) is 15.5.